The van der Waals surface area contributed by atoms with Crippen LogP contribution in [0.25, 0.3) is 6.08 Å². The molecule has 24 heavy (non-hydrogen) atoms. The van der Waals surface area contributed by atoms with Crippen LogP contribution in [0, 0.1) is 0 Å². The normalized spacial score (nSPS) is 13.4. The third-order valence-electron chi connectivity index (χ3n) is 3.62. The van der Waals surface area contributed by atoms with Crippen molar-refractivity contribution in [3.05, 3.63) is 34.9 Å². The lowest BCUT2D eigenvalue weighted by Crippen LogP contribution is -2.22. The van der Waals surface area contributed by atoms with Gasteiger partial charge in [0.1, 0.15) is 11.4 Å². The standard InChI is InChI=1S/C21H32O3/c1-19(2,3)15-12-14(10-11-17(22)24-21(7,8)9)18(23)16(13-15)20(4,5)6/h10-13,23H,1-9H3/b11-10+. The van der Waals surface area contributed by atoms with Crippen LogP contribution in [0.3, 0.4) is 0 Å². The van der Waals surface area contributed by atoms with Gasteiger partial charge in [-0.15, -0.1) is 0 Å². The molecule has 1 rings (SSSR count). The lowest BCUT2D eigenvalue weighted by atomic mass is 9.79. The second-order valence-electron chi connectivity index (χ2n) is 9.33. The molecule has 0 atom stereocenters. The van der Waals surface area contributed by atoms with Crippen molar-refractivity contribution in [2.45, 2.75) is 78.7 Å². The topological polar surface area (TPSA) is 46.5 Å². The van der Waals surface area contributed by atoms with Gasteiger partial charge in [0, 0.05) is 17.2 Å². The van der Waals surface area contributed by atoms with Crippen LogP contribution in [-0.2, 0) is 20.4 Å². The first-order valence-corrected chi connectivity index (χ1v) is 8.40. The van der Waals surface area contributed by atoms with E-state index in [-0.39, 0.29) is 16.6 Å². The van der Waals surface area contributed by atoms with Crippen LogP contribution in [0.2, 0.25) is 0 Å². The van der Waals surface area contributed by atoms with Crippen molar-refractivity contribution < 1.29 is 14.6 Å². The van der Waals surface area contributed by atoms with Gasteiger partial charge in [-0.05, 0) is 49.3 Å². The second kappa shape index (κ2) is 6.62. The molecule has 1 aromatic rings. The lowest BCUT2D eigenvalue weighted by Gasteiger charge is -2.27. The molecule has 0 aliphatic rings. The monoisotopic (exact) mass is 332 g/mol. The highest BCUT2D eigenvalue weighted by atomic mass is 16.6. The summed E-state index contributed by atoms with van der Waals surface area (Å²) in [4.78, 5) is 11.9. The third kappa shape index (κ3) is 5.70. The zero-order chi connectivity index (χ0) is 18.9. The summed E-state index contributed by atoms with van der Waals surface area (Å²) in [6, 6.07) is 3.99. The molecule has 0 aromatic heterocycles. The fourth-order valence-electron chi connectivity index (χ4n) is 2.28. The van der Waals surface area contributed by atoms with Gasteiger partial charge in [-0.2, -0.15) is 0 Å². The zero-order valence-corrected chi connectivity index (χ0v) is 16.6. The summed E-state index contributed by atoms with van der Waals surface area (Å²) in [7, 11) is 0. The number of esters is 1. The van der Waals surface area contributed by atoms with Crippen LogP contribution < -0.4 is 0 Å². The van der Waals surface area contributed by atoms with Gasteiger partial charge in [-0.3, -0.25) is 0 Å². The zero-order valence-electron chi connectivity index (χ0n) is 16.6. The molecule has 0 aliphatic heterocycles. The smallest absolute Gasteiger partial charge is 0.331 e. The van der Waals surface area contributed by atoms with Crippen LogP contribution in [0.4, 0.5) is 0 Å². The summed E-state index contributed by atoms with van der Waals surface area (Å²) in [6.45, 7) is 18.1. The van der Waals surface area contributed by atoms with Crippen molar-refractivity contribution in [3.8, 4) is 5.75 Å². The molecule has 3 heteroatoms. The van der Waals surface area contributed by atoms with Crippen molar-refractivity contribution in [1.29, 1.82) is 0 Å². The van der Waals surface area contributed by atoms with Crippen molar-refractivity contribution in [1.82, 2.24) is 0 Å². The van der Waals surface area contributed by atoms with Gasteiger partial charge < -0.3 is 9.84 Å². The highest BCUT2D eigenvalue weighted by molar-refractivity contribution is 5.88. The minimum Gasteiger partial charge on any atom is -0.507 e. The fraction of sp³-hybridized carbons (Fsp3) is 0.571. The van der Waals surface area contributed by atoms with E-state index in [1.54, 1.807) is 6.08 Å². The fourth-order valence-corrected chi connectivity index (χ4v) is 2.28. The molecule has 0 spiro atoms. The number of hydrogen-bond acceptors (Lipinski definition) is 3. The van der Waals surface area contributed by atoms with Gasteiger partial charge in [-0.1, -0.05) is 47.6 Å². The Balaban J connectivity index is 3.35. The van der Waals surface area contributed by atoms with Crippen LogP contribution >= 0.6 is 0 Å². The van der Waals surface area contributed by atoms with Crippen molar-refractivity contribution in [3.63, 3.8) is 0 Å². The number of rotatable bonds is 2. The summed E-state index contributed by atoms with van der Waals surface area (Å²) in [5.41, 5.74) is 1.85. The lowest BCUT2D eigenvalue weighted by molar-refractivity contribution is -0.148. The summed E-state index contributed by atoms with van der Waals surface area (Å²) in [5, 5.41) is 10.7. The Morgan fingerprint density at radius 2 is 1.50 bits per heavy atom. The first-order chi connectivity index (χ1) is 10.6. The van der Waals surface area contributed by atoms with E-state index in [1.807, 2.05) is 26.8 Å². The van der Waals surface area contributed by atoms with E-state index in [9.17, 15) is 9.90 Å². The Morgan fingerprint density at radius 3 is 1.92 bits per heavy atom. The Hall–Kier alpha value is -1.77. The SMILES string of the molecule is CC(C)(C)OC(=O)/C=C/c1cc(C(C)(C)C)cc(C(C)(C)C)c1O. The van der Waals surface area contributed by atoms with Gasteiger partial charge in [0.15, 0.2) is 0 Å². The highest BCUT2D eigenvalue weighted by Gasteiger charge is 2.24. The summed E-state index contributed by atoms with van der Waals surface area (Å²) < 4.78 is 5.29. The molecule has 0 unspecified atom stereocenters. The molecule has 0 radical (unpaired) electrons. The maximum atomic E-state index is 11.9. The molecular formula is C21H32O3. The third-order valence-corrected chi connectivity index (χ3v) is 3.62. The Morgan fingerprint density at radius 1 is 0.958 bits per heavy atom. The van der Waals surface area contributed by atoms with Crippen molar-refractivity contribution >= 4 is 12.0 Å². The number of phenols is 1. The first kappa shape index (κ1) is 20.3. The molecule has 0 bridgehead atoms. The molecule has 3 nitrogen and oxygen atoms in total. The predicted molar refractivity (Wildman–Crippen MR) is 100 cm³/mol. The molecular weight excluding hydrogens is 300 g/mol. The van der Waals surface area contributed by atoms with Crippen LogP contribution in [0.5, 0.6) is 5.75 Å². The maximum absolute atomic E-state index is 11.9. The van der Waals surface area contributed by atoms with Crippen LogP contribution in [-0.4, -0.2) is 16.7 Å². The summed E-state index contributed by atoms with van der Waals surface area (Å²) >= 11 is 0. The minimum absolute atomic E-state index is 0.0534. The molecule has 1 aromatic carbocycles. The first-order valence-electron chi connectivity index (χ1n) is 8.40. The average Bonchev–Trinajstić information content (AvgIpc) is 2.32. The van der Waals surface area contributed by atoms with E-state index in [1.165, 1.54) is 6.08 Å². The molecule has 0 aliphatic carbocycles. The van der Waals surface area contributed by atoms with Crippen LogP contribution in [0.1, 0.15) is 79.0 Å². The van der Waals surface area contributed by atoms with E-state index in [4.69, 9.17) is 4.74 Å². The molecule has 1 N–H and O–H groups in total. The number of benzene rings is 1. The van der Waals surface area contributed by atoms with Gasteiger partial charge >= 0.3 is 5.97 Å². The number of hydrogen-bond donors (Lipinski definition) is 1. The summed E-state index contributed by atoms with van der Waals surface area (Å²) in [6.07, 6.45) is 3.01. The number of carbonyl (C=O) groups is 1. The quantitative estimate of drug-likeness (QED) is 0.587. The van der Waals surface area contributed by atoms with Crippen LogP contribution in [0.15, 0.2) is 18.2 Å². The van der Waals surface area contributed by atoms with Gasteiger partial charge in [-0.25, -0.2) is 4.79 Å². The van der Waals surface area contributed by atoms with E-state index in [0.29, 0.717) is 5.56 Å². The second-order valence-corrected chi connectivity index (χ2v) is 9.33. The van der Waals surface area contributed by atoms with E-state index in [2.05, 4.69) is 47.6 Å². The highest BCUT2D eigenvalue weighted by Crippen LogP contribution is 2.38. The number of phenolic OH excluding ortho intramolecular Hbond substituents is 1. The number of carbonyl (C=O) groups excluding carboxylic acids is 1. The van der Waals surface area contributed by atoms with Gasteiger partial charge in [0.2, 0.25) is 0 Å². The average molecular weight is 332 g/mol. The minimum atomic E-state index is -0.534. The predicted octanol–water partition coefficient (Wildman–Crippen LogP) is 5.34. The van der Waals surface area contributed by atoms with Crippen molar-refractivity contribution in [2.75, 3.05) is 0 Å². The molecule has 0 saturated heterocycles. The van der Waals surface area contributed by atoms with Crippen molar-refractivity contribution in [2.24, 2.45) is 0 Å². The molecule has 0 saturated carbocycles. The van der Waals surface area contributed by atoms with E-state index >= 15 is 0 Å². The number of ether oxygens (including phenoxy) is 1. The van der Waals surface area contributed by atoms with Gasteiger partial charge in [0.25, 0.3) is 0 Å². The Bertz CT molecular complexity index is 633. The summed E-state index contributed by atoms with van der Waals surface area (Å²) in [5.74, 6) is -0.198. The van der Waals surface area contributed by atoms with E-state index < -0.39 is 11.6 Å². The Kier molecular flexibility index (Phi) is 5.59. The van der Waals surface area contributed by atoms with Gasteiger partial charge in [0.05, 0.1) is 0 Å². The molecule has 0 amide bonds. The molecule has 0 fully saturated rings. The maximum Gasteiger partial charge on any atom is 0.331 e. The molecule has 0 heterocycles. The number of aromatic hydroxyl groups is 1. The largest absolute Gasteiger partial charge is 0.507 e. The van der Waals surface area contributed by atoms with E-state index in [0.717, 1.165) is 11.1 Å². The Labute approximate surface area is 146 Å². The molecule has 134 valence electrons.